The van der Waals surface area contributed by atoms with E-state index in [2.05, 4.69) is 0 Å². The van der Waals surface area contributed by atoms with E-state index in [4.69, 9.17) is 0 Å². The third kappa shape index (κ3) is 3.16. The molecule has 18 heavy (non-hydrogen) atoms. The predicted octanol–water partition coefficient (Wildman–Crippen LogP) is 4.28. The molecule has 0 spiro atoms. The van der Waals surface area contributed by atoms with Crippen molar-refractivity contribution in [1.29, 1.82) is 0 Å². The molecule has 0 saturated heterocycles. The van der Waals surface area contributed by atoms with Crippen LogP contribution in [0.3, 0.4) is 0 Å². The van der Waals surface area contributed by atoms with Crippen LogP contribution < -0.4 is 0 Å². The summed E-state index contributed by atoms with van der Waals surface area (Å²) in [5.41, 5.74) is 1.36. The van der Waals surface area contributed by atoms with Crippen LogP contribution in [0.5, 0.6) is 0 Å². The fraction of sp³-hybridized carbons (Fsp3) is 0.467. The van der Waals surface area contributed by atoms with Gasteiger partial charge < -0.3 is 5.11 Å². The molecule has 0 radical (unpaired) electrons. The van der Waals surface area contributed by atoms with Crippen LogP contribution >= 0.6 is 0 Å². The minimum atomic E-state index is -0.905. The van der Waals surface area contributed by atoms with Crippen LogP contribution in [0.4, 0.5) is 8.78 Å². The van der Waals surface area contributed by atoms with Crippen molar-refractivity contribution in [1.82, 2.24) is 0 Å². The average Bonchev–Trinajstić information content (AvgIpc) is 2.31. The lowest BCUT2D eigenvalue weighted by Crippen LogP contribution is -2.04. The summed E-state index contributed by atoms with van der Waals surface area (Å²) >= 11 is 0. The number of aliphatic hydroxyl groups is 1. The van der Waals surface area contributed by atoms with Crippen LogP contribution in [-0.2, 0) is 0 Å². The van der Waals surface area contributed by atoms with Crippen molar-refractivity contribution in [2.45, 2.75) is 44.6 Å². The number of rotatable bonds is 2. The minimum absolute atomic E-state index is 0.431. The summed E-state index contributed by atoms with van der Waals surface area (Å²) in [6.45, 7) is 0. The summed E-state index contributed by atoms with van der Waals surface area (Å²) in [5, 5.41) is 10.2. The Hall–Kier alpha value is -1.22. The van der Waals surface area contributed by atoms with Crippen molar-refractivity contribution in [3.05, 3.63) is 47.0 Å². The zero-order valence-electron chi connectivity index (χ0n) is 10.3. The van der Waals surface area contributed by atoms with Gasteiger partial charge in [0.15, 0.2) is 11.6 Å². The molecule has 1 aromatic carbocycles. The molecule has 3 heteroatoms. The molecule has 1 aromatic rings. The molecule has 1 nitrogen and oxygen atoms in total. The molecule has 0 heterocycles. The molecule has 0 bridgehead atoms. The highest BCUT2D eigenvalue weighted by Gasteiger charge is 2.16. The summed E-state index contributed by atoms with van der Waals surface area (Å²) in [5.74, 6) is -1.78. The SMILES string of the molecule is OC(/C1=C/CCCCCC1)c1ccc(F)c(F)c1. The van der Waals surface area contributed by atoms with Crippen LogP contribution in [0.15, 0.2) is 29.8 Å². The molecular formula is C15H18F2O. The van der Waals surface area contributed by atoms with E-state index in [1.807, 2.05) is 6.08 Å². The van der Waals surface area contributed by atoms with Crippen LogP contribution in [0.1, 0.15) is 50.2 Å². The van der Waals surface area contributed by atoms with Crippen molar-refractivity contribution in [2.75, 3.05) is 0 Å². The van der Waals surface area contributed by atoms with E-state index in [1.165, 1.54) is 18.9 Å². The van der Waals surface area contributed by atoms with Gasteiger partial charge in [0.2, 0.25) is 0 Å². The third-order valence-corrected chi connectivity index (χ3v) is 3.44. The Morgan fingerprint density at radius 2 is 1.78 bits per heavy atom. The van der Waals surface area contributed by atoms with E-state index in [1.54, 1.807) is 0 Å². The second-order valence-corrected chi connectivity index (χ2v) is 4.81. The van der Waals surface area contributed by atoms with E-state index in [0.29, 0.717) is 5.56 Å². The predicted molar refractivity (Wildman–Crippen MR) is 67.1 cm³/mol. The topological polar surface area (TPSA) is 20.2 Å². The quantitative estimate of drug-likeness (QED) is 0.779. The normalized spacial score (nSPS) is 21.6. The van der Waals surface area contributed by atoms with Gasteiger partial charge in [-0.1, -0.05) is 25.0 Å². The fourth-order valence-electron chi connectivity index (χ4n) is 2.36. The molecule has 1 aliphatic rings. The maximum atomic E-state index is 13.1. The highest BCUT2D eigenvalue weighted by Crippen LogP contribution is 2.29. The monoisotopic (exact) mass is 252 g/mol. The van der Waals surface area contributed by atoms with Gasteiger partial charge in [0.05, 0.1) is 0 Å². The van der Waals surface area contributed by atoms with Gasteiger partial charge in [-0.25, -0.2) is 8.78 Å². The molecule has 0 aromatic heterocycles. The summed E-state index contributed by atoms with van der Waals surface area (Å²) in [7, 11) is 0. The zero-order chi connectivity index (χ0) is 13.0. The van der Waals surface area contributed by atoms with Gasteiger partial charge in [-0.2, -0.15) is 0 Å². The van der Waals surface area contributed by atoms with Crippen LogP contribution in [0.2, 0.25) is 0 Å². The minimum Gasteiger partial charge on any atom is -0.384 e. The number of benzene rings is 1. The molecule has 1 atom stereocenters. The molecule has 0 amide bonds. The van der Waals surface area contributed by atoms with E-state index in [0.717, 1.165) is 43.4 Å². The lowest BCUT2D eigenvalue weighted by atomic mass is 9.93. The molecule has 1 N–H and O–H groups in total. The van der Waals surface area contributed by atoms with E-state index in [9.17, 15) is 13.9 Å². The van der Waals surface area contributed by atoms with E-state index < -0.39 is 17.7 Å². The Balaban J connectivity index is 2.18. The first kappa shape index (κ1) is 13.2. The summed E-state index contributed by atoms with van der Waals surface area (Å²) in [6.07, 6.45) is 7.60. The highest BCUT2D eigenvalue weighted by atomic mass is 19.2. The largest absolute Gasteiger partial charge is 0.384 e. The van der Waals surface area contributed by atoms with Gasteiger partial charge >= 0.3 is 0 Å². The van der Waals surface area contributed by atoms with Gasteiger partial charge in [0.25, 0.3) is 0 Å². The molecule has 0 aliphatic heterocycles. The standard InChI is InChI=1S/C15H18F2O/c16-13-9-8-12(10-14(13)17)15(18)11-6-4-2-1-3-5-7-11/h6,8-10,15,18H,1-5,7H2/b11-6+. The number of halogens is 2. The van der Waals surface area contributed by atoms with Gasteiger partial charge in [-0.3, -0.25) is 0 Å². The summed E-state index contributed by atoms with van der Waals surface area (Å²) < 4.78 is 26.0. The highest BCUT2D eigenvalue weighted by molar-refractivity contribution is 5.27. The Kier molecular flexibility index (Phi) is 4.48. The van der Waals surface area contributed by atoms with Gasteiger partial charge in [-0.05, 0) is 49.0 Å². The third-order valence-electron chi connectivity index (χ3n) is 3.44. The lowest BCUT2D eigenvalue weighted by molar-refractivity contribution is 0.208. The molecular weight excluding hydrogens is 234 g/mol. The van der Waals surface area contributed by atoms with Crippen molar-refractivity contribution < 1.29 is 13.9 Å². The first-order valence-electron chi connectivity index (χ1n) is 6.50. The molecule has 0 fully saturated rings. The Bertz CT molecular complexity index is 440. The van der Waals surface area contributed by atoms with Crippen molar-refractivity contribution in [2.24, 2.45) is 0 Å². The van der Waals surface area contributed by atoms with Crippen molar-refractivity contribution >= 4 is 0 Å². The second kappa shape index (κ2) is 6.10. The van der Waals surface area contributed by atoms with E-state index in [-0.39, 0.29) is 0 Å². The van der Waals surface area contributed by atoms with Crippen LogP contribution in [0.25, 0.3) is 0 Å². The lowest BCUT2D eigenvalue weighted by Gasteiger charge is -2.18. The number of hydrogen-bond donors (Lipinski definition) is 1. The fourth-order valence-corrected chi connectivity index (χ4v) is 2.36. The number of aliphatic hydroxyl groups excluding tert-OH is 1. The molecule has 98 valence electrons. The maximum Gasteiger partial charge on any atom is 0.159 e. The molecule has 0 saturated carbocycles. The first-order chi connectivity index (χ1) is 8.68. The average molecular weight is 252 g/mol. The Morgan fingerprint density at radius 3 is 2.56 bits per heavy atom. The van der Waals surface area contributed by atoms with Crippen molar-refractivity contribution in [3.63, 3.8) is 0 Å². The zero-order valence-corrected chi connectivity index (χ0v) is 10.3. The second-order valence-electron chi connectivity index (χ2n) is 4.81. The number of hydrogen-bond acceptors (Lipinski definition) is 1. The smallest absolute Gasteiger partial charge is 0.159 e. The van der Waals surface area contributed by atoms with Crippen LogP contribution in [0, 0.1) is 11.6 Å². The van der Waals surface area contributed by atoms with Gasteiger partial charge in [0, 0.05) is 0 Å². The first-order valence-corrected chi connectivity index (χ1v) is 6.50. The molecule has 1 unspecified atom stereocenters. The number of allylic oxidation sites excluding steroid dienone is 1. The summed E-state index contributed by atoms with van der Waals surface area (Å²) in [4.78, 5) is 0. The summed E-state index contributed by atoms with van der Waals surface area (Å²) in [6, 6.07) is 3.60. The maximum absolute atomic E-state index is 13.1. The Labute approximate surface area is 106 Å². The van der Waals surface area contributed by atoms with Crippen LogP contribution in [-0.4, -0.2) is 5.11 Å². The molecule has 2 rings (SSSR count). The van der Waals surface area contributed by atoms with Crippen molar-refractivity contribution in [3.8, 4) is 0 Å². The van der Waals surface area contributed by atoms with E-state index >= 15 is 0 Å². The Morgan fingerprint density at radius 1 is 1.00 bits per heavy atom. The van der Waals surface area contributed by atoms with Gasteiger partial charge in [-0.15, -0.1) is 0 Å². The van der Waals surface area contributed by atoms with Gasteiger partial charge in [0.1, 0.15) is 6.10 Å². The molecule has 1 aliphatic carbocycles.